The normalized spacial score (nSPS) is 55.2. The highest BCUT2D eigenvalue weighted by Crippen LogP contribution is 2.61. The zero-order valence-corrected chi connectivity index (χ0v) is 10.6. The van der Waals surface area contributed by atoms with Crippen molar-refractivity contribution in [1.82, 2.24) is 14.6 Å². The zero-order valence-electron chi connectivity index (χ0n) is 7.96. The van der Waals surface area contributed by atoms with Crippen LogP contribution in [-0.2, 0) is 0 Å². The maximum Gasteiger partial charge on any atom is 0.00871 e. The van der Waals surface area contributed by atoms with Crippen LogP contribution >= 0.6 is 21.6 Å². The highest BCUT2D eigenvalue weighted by molar-refractivity contribution is 7.98. The minimum absolute atomic E-state index is 1.42. The second kappa shape index (κ2) is 2.89. The Morgan fingerprint density at radius 2 is 0.833 bits per heavy atom. The number of rotatable bonds is 0. The summed E-state index contributed by atoms with van der Waals surface area (Å²) in [6.07, 6.45) is 12.4. The lowest BCUT2D eigenvalue weighted by Crippen LogP contribution is -2.32. The molecule has 1 rings (SSSR count). The van der Waals surface area contributed by atoms with Crippen molar-refractivity contribution in [2.75, 3.05) is 20.0 Å². The summed E-state index contributed by atoms with van der Waals surface area (Å²) in [5, 5.41) is 0. The van der Waals surface area contributed by atoms with Crippen LogP contribution in [-0.4, -0.2) is 38.9 Å². The highest BCUT2D eigenvalue weighted by atomic mass is 31.3. The Morgan fingerprint density at radius 3 is 1.00 bits per heavy atom. The third-order valence-corrected chi connectivity index (χ3v) is 11.9. The van der Waals surface area contributed by atoms with Gasteiger partial charge in [0.2, 0.25) is 0 Å². The van der Waals surface area contributed by atoms with Crippen LogP contribution in [0.1, 0.15) is 0 Å². The Morgan fingerprint density at radius 1 is 0.667 bits per heavy atom. The van der Waals surface area contributed by atoms with Gasteiger partial charge in [0.15, 0.2) is 0 Å². The molecule has 3 nitrogen and oxygen atoms in total. The standard InChI is InChI=1S/C6H18N3P3/c1-10(2)7-11(3,4)9-12(5,6)8-10/h7-9H,1,3,5H2,2,4,6H3. The highest BCUT2D eigenvalue weighted by Gasteiger charge is 2.26. The second-order valence-electron chi connectivity index (χ2n) is 3.87. The molecule has 12 heavy (non-hydrogen) atoms. The predicted molar refractivity (Wildman–Crippen MR) is 69.3 cm³/mol. The van der Waals surface area contributed by atoms with Crippen molar-refractivity contribution in [3.63, 3.8) is 0 Å². The van der Waals surface area contributed by atoms with Gasteiger partial charge in [-0.1, -0.05) is 18.9 Å². The van der Waals surface area contributed by atoms with Gasteiger partial charge in [-0.05, 0) is 20.0 Å². The van der Waals surface area contributed by atoms with E-state index in [4.69, 9.17) is 0 Å². The van der Waals surface area contributed by atoms with Gasteiger partial charge in [0.1, 0.15) is 0 Å². The number of nitrogens with one attached hydrogen (secondary N) is 3. The van der Waals surface area contributed by atoms with Gasteiger partial charge in [0.25, 0.3) is 0 Å². The van der Waals surface area contributed by atoms with E-state index in [1.807, 2.05) is 0 Å². The molecular weight excluding hydrogens is 207 g/mol. The monoisotopic (exact) mass is 225 g/mol. The minimum atomic E-state index is -1.42. The molecule has 3 N–H and O–H groups in total. The van der Waals surface area contributed by atoms with Crippen LogP contribution in [0.25, 0.3) is 0 Å². The van der Waals surface area contributed by atoms with Crippen molar-refractivity contribution in [2.24, 2.45) is 0 Å². The summed E-state index contributed by atoms with van der Waals surface area (Å²) in [5.41, 5.74) is 0. The molecule has 0 saturated carbocycles. The molecule has 6 heteroatoms. The summed E-state index contributed by atoms with van der Waals surface area (Å²) in [7, 11) is -4.26. The Kier molecular flexibility index (Phi) is 2.61. The van der Waals surface area contributed by atoms with Gasteiger partial charge in [-0.3, -0.25) is 14.6 Å². The van der Waals surface area contributed by atoms with E-state index >= 15 is 0 Å². The fraction of sp³-hybridized carbons (Fsp3) is 0.500. The van der Waals surface area contributed by atoms with Gasteiger partial charge in [-0.15, -0.1) is 0 Å². The quantitative estimate of drug-likeness (QED) is 0.547. The van der Waals surface area contributed by atoms with E-state index in [9.17, 15) is 0 Å². The first-order chi connectivity index (χ1) is 5.12. The molecule has 0 radical (unpaired) electrons. The molecule has 0 aromatic heterocycles. The van der Waals surface area contributed by atoms with Crippen LogP contribution in [0.5, 0.6) is 0 Å². The molecule has 0 atom stereocenters. The van der Waals surface area contributed by atoms with Crippen molar-refractivity contribution >= 4 is 40.5 Å². The van der Waals surface area contributed by atoms with E-state index in [0.29, 0.717) is 0 Å². The Balaban J connectivity index is 3.05. The van der Waals surface area contributed by atoms with Crippen LogP contribution in [0.4, 0.5) is 0 Å². The molecule has 1 heterocycles. The first kappa shape index (κ1) is 10.9. The smallest absolute Gasteiger partial charge is 0.00871 e. The van der Waals surface area contributed by atoms with Gasteiger partial charge in [0, 0.05) is 21.6 Å². The molecule has 0 spiro atoms. The molecule has 0 bridgehead atoms. The van der Waals surface area contributed by atoms with Crippen molar-refractivity contribution in [2.45, 2.75) is 0 Å². The third-order valence-electron chi connectivity index (χ3n) is 1.32. The predicted octanol–water partition coefficient (Wildman–Crippen LogP) is 1.50. The molecule has 1 saturated heterocycles. The molecule has 1 aliphatic rings. The van der Waals surface area contributed by atoms with Crippen LogP contribution in [0, 0.1) is 0 Å². The number of hydrogen-bond acceptors (Lipinski definition) is 3. The SMILES string of the molecule is C=P1(C)NP(=C)(C)NP(=C)(C)N1. The summed E-state index contributed by atoms with van der Waals surface area (Å²) in [6, 6.07) is 0. The maximum absolute atomic E-state index is 4.15. The van der Waals surface area contributed by atoms with E-state index in [2.05, 4.69) is 53.5 Å². The fourth-order valence-electron chi connectivity index (χ4n) is 1.53. The molecule has 0 aromatic carbocycles. The van der Waals surface area contributed by atoms with Gasteiger partial charge >= 0.3 is 0 Å². The molecule has 1 aliphatic heterocycles. The molecule has 0 amide bonds. The second-order valence-corrected chi connectivity index (χ2v) is 13.4. The summed E-state index contributed by atoms with van der Waals surface area (Å²) in [6.45, 7) is 6.38. The summed E-state index contributed by atoms with van der Waals surface area (Å²) in [4.78, 5) is 10.4. The van der Waals surface area contributed by atoms with E-state index < -0.39 is 21.6 Å². The maximum atomic E-state index is 4.15. The Hall–Kier alpha value is 0.780. The molecule has 0 aliphatic carbocycles. The van der Waals surface area contributed by atoms with E-state index in [1.54, 1.807) is 0 Å². The van der Waals surface area contributed by atoms with Crippen molar-refractivity contribution in [1.29, 1.82) is 0 Å². The largest absolute Gasteiger partial charge is 0.254 e. The molecule has 0 unspecified atom stereocenters. The summed E-state index contributed by atoms with van der Waals surface area (Å²) >= 11 is 0. The lowest BCUT2D eigenvalue weighted by molar-refractivity contribution is 1.33. The summed E-state index contributed by atoms with van der Waals surface area (Å²) in [5.74, 6) is 0. The van der Waals surface area contributed by atoms with E-state index in [-0.39, 0.29) is 0 Å². The molecular formula is C6H18N3P3. The molecule has 0 aromatic rings. The first-order valence-corrected chi connectivity index (χ1v) is 10.9. The van der Waals surface area contributed by atoms with Gasteiger partial charge in [0.05, 0.1) is 0 Å². The van der Waals surface area contributed by atoms with E-state index in [0.717, 1.165) is 0 Å². The van der Waals surface area contributed by atoms with Crippen molar-refractivity contribution < 1.29 is 0 Å². The van der Waals surface area contributed by atoms with Crippen molar-refractivity contribution in [3.8, 4) is 0 Å². The van der Waals surface area contributed by atoms with Crippen LogP contribution in [0.15, 0.2) is 0 Å². The Bertz CT molecular complexity index is 263. The molecule has 72 valence electrons. The third kappa shape index (κ3) is 2.92. The average molecular weight is 225 g/mol. The zero-order chi connectivity index (χ0) is 9.62. The molecule has 1 fully saturated rings. The van der Waals surface area contributed by atoms with Crippen LogP contribution < -0.4 is 14.6 Å². The Labute approximate surface area is 75.6 Å². The van der Waals surface area contributed by atoms with Gasteiger partial charge in [-0.25, -0.2) is 0 Å². The number of hydrogen-bond donors (Lipinski definition) is 3. The minimum Gasteiger partial charge on any atom is -0.254 e. The fourth-order valence-corrected chi connectivity index (χ4v) is 15.0. The van der Waals surface area contributed by atoms with Crippen molar-refractivity contribution in [3.05, 3.63) is 0 Å². The van der Waals surface area contributed by atoms with Crippen LogP contribution in [0.3, 0.4) is 0 Å². The lowest BCUT2D eigenvalue weighted by atomic mass is 11.9. The lowest BCUT2D eigenvalue weighted by Gasteiger charge is -2.44. The van der Waals surface area contributed by atoms with E-state index in [1.165, 1.54) is 0 Å². The first-order valence-electron chi connectivity index (χ1n) is 3.63. The topological polar surface area (TPSA) is 36.1 Å². The van der Waals surface area contributed by atoms with Crippen LogP contribution in [0.2, 0.25) is 0 Å². The van der Waals surface area contributed by atoms with Gasteiger partial charge < -0.3 is 0 Å². The average Bonchev–Trinajstić information content (AvgIpc) is 1.44. The summed E-state index contributed by atoms with van der Waals surface area (Å²) < 4.78 is 0. The van der Waals surface area contributed by atoms with Gasteiger partial charge in [-0.2, -0.15) is 0 Å².